The molecule has 2 N–H and O–H groups in total. The van der Waals surface area contributed by atoms with Gasteiger partial charge < -0.3 is 10.4 Å². The van der Waals surface area contributed by atoms with E-state index in [-0.39, 0.29) is 24.1 Å². The molecule has 0 aromatic heterocycles. The number of benzene rings is 1. The highest BCUT2D eigenvalue weighted by molar-refractivity contribution is 6.09. The molecule has 118 valence electrons. The van der Waals surface area contributed by atoms with E-state index in [0.29, 0.717) is 0 Å². The number of allylic oxidation sites excluding steroid dienone is 2. The summed E-state index contributed by atoms with van der Waals surface area (Å²) in [5.41, 5.74) is -1.43. The van der Waals surface area contributed by atoms with E-state index < -0.39 is 29.9 Å². The van der Waals surface area contributed by atoms with Gasteiger partial charge in [-0.25, -0.2) is 0 Å². The smallest absolute Gasteiger partial charge is 0.393 e. The molecule has 4 nitrogen and oxygen atoms in total. The molecule has 0 saturated carbocycles. The summed E-state index contributed by atoms with van der Waals surface area (Å²) in [5.74, 6) is -1.98. The van der Waals surface area contributed by atoms with Gasteiger partial charge in [0.2, 0.25) is 5.91 Å². The first-order valence-corrected chi connectivity index (χ1v) is 6.58. The predicted molar refractivity (Wildman–Crippen MR) is 73.3 cm³/mol. The second-order valence-corrected chi connectivity index (χ2v) is 5.21. The largest absolute Gasteiger partial charge is 0.480 e. The van der Waals surface area contributed by atoms with Crippen LogP contribution in [0.3, 0.4) is 0 Å². The third kappa shape index (κ3) is 3.47. The number of carboxylic acids is 1. The molecule has 22 heavy (non-hydrogen) atoms. The number of carboxylic acid groups (broad SMARTS) is 1. The van der Waals surface area contributed by atoms with Gasteiger partial charge in [-0.15, -0.1) is 0 Å². The molecule has 0 heterocycles. The van der Waals surface area contributed by atoms with Crippen molar-refractivity contribution in [1.29, 1.82) is 0 Å². The number of alkyl halides is 3. The van der Waals surface area contributed by atoms with Crippen LogP contribution in [0.1, 0.15) is 18.4 Å². The van der Waals surface area contributed by atoms with Gasteiger partial charge in [0.15, 0.2) is 5.41 Å². The number of hydrogen-bond acceptors (Lipinski definition) is 2. The normalized spacial score (nSPS) is 16.5. The Labute approximate surface area is 124 Å². The summed E-state index contributed by atoms with van der Waals surface area (Å²) in [5, 5.41) is 11.7. The van der Waals surface area contributed by atoms with Gasteiger partial charge in [0.1, 0.15) is 0 Å². The maximum atomic E-state index is 12.4. The first kappa shape index (κ1) is 16.1. The highest BCUT2D eigenvalue weighted by Crippen LogP contribution is 2.35. The third-order valence-electron chi connectivity index (χ3n) is 3.53. The van der Waals surface area contributed by atoms with Crippen molar-refractivity contribution in [2.45, 2.75) is 25.4 Å². The van der Waals surface area contributed by atoms with Gasteiger partial charge >= 0.3 is 12.1 Å². The van der Waals surface area contributed by atoms with Gasteiger partial charge in [-0.1, -0.05) is 24.3 Å². The second-order valence-electron chi connectivity index (χ2n) is 5.21. The summed E-state index contributed by atoms with van der Waals surface area (Å²) >= 11 is 0. The summed E-state index contributed by atoms with van der Waals surface area (Å²) in [6.45, 7) is 0. The summed E-state index contributed by atoms with van der Waals surface area (Å²) in [6.07, 6.45) is -2.11. The van der Waals surface area contributed by atoms with Gasteiger partial charge in [-0.3, -0.25) is 9.59 Å². The number of halogens is 3. The molecule has 1 aliphatic carbocycles. The van der Waals surface area contributed by atoms with Crippen molar-refractivity contribution in [3.8, 4) is 0 Å². The molecule has 1 aromatic rings. The number of rotatable bonds is 4. The molecule has 0 atom stereocenters. The van der Waals surface area contributed by atoms with E-state index in [1.165, 1.54) is 24.3 Å². The van der Waals surface area contributed by atoms with Crippen LogP contribution in [-0.4, -0.2) is 23.2 Å². The molecule has 0 aliphatic heterocycles. The Morgan fingerprint density at radius 3 is 2.41 bits per heavy atom. The summed E-state index contributed by atoms with van der Waals surface area (Å²) < 4.78 is 37.1. The van der Waals surface area contributed by atoms with Crippen molar-refractivity contribution < 1.29 is 27.9 Å². The average Bonchev–Trinajstić information content (AvgIpc) is 2.87. The van der Waals surface area contributed by atoms with Gasteiger partial charge in [0, 0.05) is 5.69 Å². The quantitative estimate of drug-likeness (QED) is 0.663. The van der Waals surface area contributed by atoms with Crippen LogP contribution in [0, 0.1) is 5.41 Å². The molecule has 0 fully saturated rings. The Bertz CT molecular complexity index is 615. The van der Waals surface area contributed by atoms with Crippen LogP contribution in [0.5, 0.6) is 0 Å². The van der Waals surface area contributed by atoms with E-state index in [2.05, 4.69) is 5.32 Å². The number of carbonyl (C=O) groups is 2. The highest BCUT2D eigenvalue weighted by Gasteiger charge is 2.46. The van der Waals surface area contributed by atoms with E-state index in [9.17, 15) is 27.9 Å². The lowest BCUT2D eigenvalue weighted by Gasteiger charge is -2.22. The molecule has 2 rings (SSSR count). The molecule has 0 saturated heterocycles. The molecular formula is C15H14F3NO3. The number of aliphatic carboxylic acids is 1. The zero-order valence-corrected chi connectivity index (χ0v) is 11.5. The lowest BCUT2D eigenvalue weighted by Crippen LogP contribution is -2.41. The maximum Gasteiger partial charge on any atom is 0.393 e. The molecule has 1 aliphatic rings. The Hall–Kier alpha value is -2.31. The van der Waals surface area contributed by atoms with E-state index in [1.807, 2.05) is 0 Å². The first-order valence-electron chi connectivity index (χ1n) is 6.58. The fourth-order valence-electron chi connectivity index (χ4n) is 2.35. The standard InChI is InChI=1S/C15H14F3NO3/c16-15(17,18)9-10-4-3-5-11(8-10)19-12(20)14(13(21)22)6-1-2-7-14/h1-5,8H,6-7,9H2,(H,19,20)(H,21,22). The lowest BCUT2D eigenvalue weighted by molar-refractivity contribution is -0.153. The number of nitrogens with one attached hydrogen (secondary N) is 1. The Balaban J connectivity index is 2.15. The van der Waals surface area contributed by atoms with Gasteiger partial charge in [0.25, 0.3) is 0 Å². The molecule has 1 amide bonds. The molecule has 0 unspecified atom stereocenters. The van der Waals surface area contributed by atoms with Crippen LogP contribution in [0.2, 0.25) is 0 Å². The zero-order chi connectivity index (χ0) is 16.4. The van der Waals surface area contributed by atoms with Crippen molar-refractivity contribution in [2.75, 3.05) is 5.32 Å². The van der Waals surface area contributed by atoms with Crippen LogP contribution in [0.25, 0.3) is 0 Å². The first-order chi connectivity index (χ1) is 10.2. The van der Waals surface area contributed by atoms with Crippen LogP contribution in [0.15, 0.2) is 36.4 Å². The minimum absolute atomic E-state index is 0.000720. The van der Waals surface area contributed by atoms with Crippen molar-refractivity contribution in [2.24, 2.45) is 5.41 Å². The average molecular weight is 313 g/mol. The predicted octanol–water partition coefficient (Wildman–Crippen LogP) is 3.15. The fraction of sp³-hybridized carbons (Fsp3) is 0.333. The molecular weight excluding hydrogens is 299 g/mol. The highest BCUT2D eigenvalue weighted by atomic mass is 19.4. The van der Waals surface area contributed by atoms with Gasteiger partial charge in [-0.05, 0) is 30.5 Å². The third-order valence-corrected chi connectivity index (χ3v) is 3.53. The second kappa shape index (κ2) is 5.82. The monoisotopic (exact) mass is 313 g/mol. The van der Waals surface area contributed by atoms with Gasteiger partial charge in [0.05, 0.1) is 6.42 Å². The van der Waals surface area contributed by atoms with Crippen LogP contribution in [0.4, 0.5) is 18.9 Å². The van der Waals surface area contributed by atoms with E-state index in [0.717, 1.165) is 0 Å². The van der Waals surface area contributed by atoms with E-state index in [1.54, 1.807) is 12.2 Å². The minimum atomic E-state index is -4.35. The molecule has 0 radical (unpaired) electrons. The van der Waals surface area contributed by atoms with Gasteiger partial charge in [-0.2, -0.15) is 13.2 Å². The maximum absolute atomic E-state index is 12.4. The van der Waals surface area contributed by atoms with Crippen molar-refractivity contribution in [3.05, 3.63) is 42.0 Å². The Morgan fingerprint density at radius 2 is 1.86 bits per heavy atom. The summed E-state index contributed by atoms with van der Waals surface area (Å²) in [7, 11) is 0. The van der Waals surface area contributed by atoms with Crippen molar-refractivity contribution >= 4 is 17.6 Å². The zero-order valence-electron chi connectivity index (χ0n) is 11.5. The molecule has 0 bridgehead atoms. The molecule has 0 spiro atoms. The number of carbonyl (C=O) groups excluding carboxylic acids is 1. The Kier molecular flexibility index (Phi) is 4.25. The Morgan fingerprint density at radius 1 is 1.23 bits per heavy atom. The topological polar surface area (TPSA) is 66.4 Å². The molecule has 7 heteroatoms. The fourth-order valence-corrected chi connectivity index (χ4v) is 2.35. The van der Waals surface area contributed by atoms with Crippen molar-refractivity contribution in [1.82, 2.24) is 0 Å². The number of hydrogen-bond donors (Lipinski definition) is 2. The number of anilines is 1. The lowest BCUT2D eigenvalue weighted by atomic mass is 9.84. The van der Waals surface area contributed by atoms with Crippen LogP contribution >= 0.6 is 0 Å². The van der Waals surface area contributed by atoms with E-state index >= 15 is 0 Å². The number of amides is 1. The van der Waals surface area contributed by atoms with E-state index in [4.69, 9.17) is 0 Å². The SMILES string of the molecule is O=C(O)C1(C(=O)Nc2cccc(CC(F)(F)F)c2)CC=CC1. The summed E-state index contributed by atoms with van der Waals surface area (Å²) in [6, 6.07) is 5.31. The van der Waals surface area contributed by atoms with Crippen LogP contribution in [-0.2, 0) is 16.0 Å². The minimum Gasteiger partial charge on any atom is -0.480 e. The van der Waals surface area contributed by atoms with Crippen molar-refractivity contribution in [3.63, 3.8) is 0 Å². The molecule has 1 aromatic carbocycles. The summed E-state index contributed by atoms with van der Waals surface area (Å²) in [4.78, 5) is 23.6. The van der Waals surface area contributed by atoms with Crippen LogP contribution < -0.4 is 5.32 Å².